The molecule has 92 valence electrons. The molecule has 2 N–H and O–H groups in total. The Hall–Kier alpha value is -2.31. The maximum absolute atomic E-state index is 11.3. The van der Waals surface area contributed by atoms with E-state index in [1.54, 1.807) is 0 Å². The SMILES string of the molecule is COC(=O)c1ccc(NCC(=O)O)nc1OC. The van der Waals surface area contributed by atoms with Crippen LogP contribution in [-0.2, 0) is 9.53 Å². The number of aliphatic carboxylic acids is 1. The number of hydrogen-bond acceptors (Lipinski definition) is 6. The van der Waals surface area contributed by atoms with Crippen LogP contribution in [0.2, 0.25) is 0 Å². The molecule has 0 aliphatic rings. The number of rotatable bonds is 5. The summed E-state index contributed by atoms with van der Waals surface area (Å²) in [7, 11) is 2.61. The highest BCUT2D eigenvalue weighted by atomic mass is 16.5. The van der Waals surface area contributed by atoms with Crippen molar-refractivity contribution in [2.75, 3.05) is 26.1 Å². The van der Waals surface area contributed by atoms with Gasteiger partial charge >= 0.3 is 11.9 Å². The normalized spacial score (nSPS) is 9.53. The maximum Gasteiger partial charge on any atom is 0.343 e. The monoisotopic (exact) mass is 240 g/mol. The first-order valence-electron chi connectivity index (χ1n) is 4.67. The van der Waals surface area contributed by atoms with Crippen LogP contribution in [0.4, 0.5) is 5.82 Å². The average molecular weight is 240 g/mol. The van der Waals surface area contributed by atoms with Gasteiger partial charge in [0.2, 0.25) is 5.88 Å². The fourth-order valence-corrected chi connectivity index (χ4v) is 1.13. The highest BCUT2D eigenvalue weighted by molar-refractivity contribution is 5.92. The van der Waals surface area contributed by atoms with E-state index in [1.165, 1.54) is 26.4 Å². The van der Waals surface area contributed by atoms with Crippen LogP contribution in [0.15, 0.2) is 12.1 Å². The lowest BCUT2D eigenvalue weighted by Crippen LogP contribution is -2.14. The van der Waals surface area contributed by atoms with Crippen LogP contribution in [0.25, 0.3) is 0 Å². The van der Waals surface area contributed by atoms with Crippen LogP contribution in [0, 0.1) is 0 Å². The Morgan fingerprint density at radius 1 is 1.41 bits per heavy atom. The molecule has 17 heavy (non-hydrogen) atoms. The van der Waals surface area contributed by atoms with Gasteiger partial charge in [-0.3, -0.25) is 4.79 Å². The van der Waals surface area contributed by atoms with Crippen molar-refractivity contribution in [2.45, 2.75) is 0 Å². The van der Waals surface area contributed by atoms with E-state index in [0.717, 1.165) is 0 Å². The van der Waals surface area contributed by atoms with E-state index in [-0.39, 0.29) is 18.0 Å². The first-order chi connectivity index (χ1) is 8.08. The van der Waals surface area contributed by atoms with Gasteiger partial charge in [-0.05, 0) is 12.1 Å². The van der Waals surface area contributed by atoms with E-state index in [9.17, 15) is 9.59 Å². The van der Waals surface area contributed by atoms with Gasteiger partial charge in [0.05, 0.1) is 14.2 Å². The number of carbonyl (C=O) groups is 2. The minimum Gasteiger partial charge on any atom is -0.480 e. The summed E-state index contributed by atoms with van der Waals surface area (Å²) in [4.78, 5) is 25.6. The molecule has 7 heteroatoms. The quantitative estimate of drug-likeness (QED) is 0.717. The van der Waals surface area contributed by atoms with E-state index in [0.29, 0.717) is 5.82 Å². The molecule has 0 bridgehead atoms. The third-order valence-electron chi connectivity index (χ3n) is 1.88. The lowest BCUT2D eigenvalue weighted by molar-refractivity contribution is -0.134. The highest BCUT2D eigenvalue weighted by Gasteiger charge is 2.14. The van der Waals surface area contributed by atoms with Crippen LogP contribution in [0.5, 0.6) is 5.88 Å². The summed E-state index contributed by atoms with van der Waals surface area (Å²) in [6.07, 6.45) is 0. The number of nitrogens with one attached hydrogen (secondary N) is 1. The second-order valence-corrected chi connectivity index (χ2v) is 2.99. The van der Waals surface area contributed by atoms with Crippen LogP contribution in [-0.4, -0.2) is 42.8 Å². The van der Waals surface area contributed by atoms with Gasteiger partial charge < -0.3 is 19.9 Å². The molecule has 0 aliphatic heterocycles. The highest BCUT2D eigenvalue weighted by Crippen LogP contribution is 2.19. The molecule has 1 heterocycles. The summed E-state index contributed by atoms with van der Waals surface area (Å²) in [5.41, 5.74) is 0.177. The van der Waals surface area contributed by atoms with Crippen molar-refractivity contribution in [1.29, 1.82) is 0 Å². The number of aromatic nitrogens is 1. The summed E-state index contributed by atoms with van der Waals surface area (Å²) in [6, 6.07) is 2.92. The van der Waals surface area contributed by atoms with Gasteiger partial charge in [0.25, 0.3) is 0 Å². The van der Waals surface area contributed by atoms with Gasteiger partial charge in [-0.15, -0.1) is 0 Å². The Labute approximate surface area is 97.4 Å². The molecule has 0 atom stereocenters. The third kappa shape index (κ3) is 3.33. The predicted octanol–water partition coefficient (Wildman–Crippen LogP) is 0.373. The van der Waals surface area contributed by atoms with Crippen molar-refractivity contribution in [2.24, 2.45) is 0 Å². The second kappa shape index (κ2) is 5.69. The first kappa shape index (κ1) is 12.8. The Bertz CT molecular complexity index is 433. The number of carboxylic acids is 1. The molecule has 1 rings (SSSR count). The number of methoxy groups -OCH3 is 2. The van der Waals surface area contributed by atoms with Gasteiger partial charge in [0.15, 0.2) is 0 Å². The molecule has 0 fully saturated rings. The first-order valence-corrected chi connectivity index (χ1v) is 4.67. The molecule has 0 saturated carbocycles. The molecule has 0 radical (unpaired) electrons. The van der Waals surface area contributed by atoms with Gasteiger partial charge in [-0.25, -0.2) is 4.79 Å². The lowest BCUT2D eigenvalue weighted by atomic mass is 10.2. The molecule has 0 spiro atoms. The number of hydrogen-bond donors (Lipinski definition) is 2. The summed E-state index contributed by atoms with van der Waals surface area (Å²) in [6.45, 7) is -0.270. The number of esters is 1. The summed E-state index contributed by atoms with van der Waals surface area (Å²) in [5, 5.41) is 11.0. The van der Waals surface area contributed by atoms with Crippen molar-refractivity contribution in [3.63, 3.8) is 0 Å². The fraction of sp³-hybridized carbons (Fsp3) is 0.300. The molecule has 1 aromatic heterocycles. The van der Waals surface area contributed by atoms with Gasteiger partial charge in [0, 0.05) is 0 Å². The molecule has 0 aromatic carbocycles. The minimum atomic E-state index is -1.01. The lowest BCUT2D eigenvalue weighted by Gasteiger charge is -2.08. The number of carbonyl (C=O) groups excluding carboxylic acids is 1. The summed E-state index contributed by atoms with van der Waals surface area (Å²) in [5.74, 6) is -1.20. The van der Waals surface area contributed by atoms with Crippen molar-refractivity contribution < 1.29 is 24.2 Å². The van der Waals surface area contributed by atoms with Crippen LogP contribution in [0.1, 0.15) is 10.4 Å². The van der Waals surface area contributed by atoms with Crippen LogP contribution in [0.3, 0.4) is 0 Å². The molecular formula is C10H12N2O5. The smallest absolute Gasteiger partial charge is 0.343 e. The molecule has 7 nitrogen and oxygen atoms in total. The van der Waals surface area contributed by atoms with Gasteiger partial charge in [0.1, 0.15) is 17.9 Å². The number of ether oxygens (including phenoxy) is 2. The summed E-state index contributed by atoms with van der Waals surface area (Å²) >= 11 is 0. The minimum absolute atomic E-state index is 0.0761. The maximum atomic E-state index is 11.3. The fourth-order valence-electron chi connectivity index (χ4n) is 1.13. The number of anilines is 1. The summed E-state index contributed by atoms with van der Waals surface area (Å²) < 4.78 is 9.46. The molecule has 0 unspecified atom stereocenters. The number of carboxylic acid groups (broad SMARTS) is 1. The number of pyridine rings is 1. The zero-order valence-corrected chi connectivity index (χ0v) is 9.39. The van der Waals surface area contributed by atoms with Gasteiger partial charge in [-0.1, -0.05) is 0 Å². The van der Waals surface area contributed by atoms with Crippen LogP contribution >= 0.6 is 0 Å². The Morgan fingerprint density at radius 3 is 2.65 bits per heavy atom. The average Bonchev–Trinajstić information content (AvgIpc) is 2.34. The van der Waals surface area contributed by atoms with Gasteiger partial charge in [-0.2, -0.15) is 4.98 Å². The molecule has 0 aliphatic carbocycles. The van der Waals surface area contributed by atoms with E-state index in [4.69, 9.17) is 9.84 Å². The van der Waals surface area contributed by atoms with E-state index in [2.05, 4.69) is 15.0 Å². The van der Waals surface area contributed by atoms with Crippen molar-refractivity contribution in [1.82, 2.24) is 4.98 Å². The van der Waals surface area contributed by atoms with Crippen molar-refractivity contribution >= 4 is 17.8 Å². The zero-order chi connectivity index (χ0) is 12.8. The van der Waals surface area contributed by atoms with E-state index in [1.807, 2.05) is 0 Å². The largest absolute Gasteiger partial charge is 0.480 e. The van der Waals surface area contributed by atoms with E-state index >= 15 is 0 Å². The molecule has 0 amide bonds. The third-order valence-corrected chi connectivity index (χ3v) is 1.88. The van der Waals surface area contributed by atoms with Crippen molar-refractivity contribution in [3.05, 3.63) is 17.7 Å². The Balaban J connectivity index is 2.92. The molecule has 0 saturated heterocycles. The Kier molecular flexibility index (Phi) is 4.27. The van der Waals surface area contributed by atoms with E-state index < -0.39 is 11.9 Å². The zero-order valence-electron chi connectivity index (χ0n) is 9.39. The topological polar surface area (TPSA) is 97.8 Å². The standard InChI is InChI=1S/C10H12N2O5/c1-16-9-6(10(15)17-2)3-4-7(12-9)11-5-8(13)14/h3-4H,5H2,1-2H3,(H,11,12)(H,13,14). The molecule has 1 aromatic rings. The second-order valence-electron chi connectivity index (χ2n) is 2.99. The molecular weight excluding hydrogens is 228 g/mol. The Morgan fingerprint density at radius 2 is 2.12 bits per heavy atom. The number of nitrogens with zero attached hydrogens (tertiary/aromatic N) is 1. The van der Waals surface area contributed by atoms with Crippen molar-refractivity contribution in [3.8, 4) is 5.88 Å². The van der Waals surface area contributed by atoms with Crippen LogP contribution < -0.4 is 10.1 Å². The predicted molar refractivity (Wildman–Crippen MR) is 58.3 cm³/mol.